The number of amides is 1. The van der Waals surface area contributed by atoms with Crippen molar-refractivity contribution >= 4 is 61.3 Å². The topological polar surface area (TPSA) is 92.3 Å². The molecule has 2 aromatic carbocycles. The molecular weight excluding hydrogens is 455 g/mol. The molecule has 0 saturated carbocycles. The largest absolute Gasteiger partial charge is 0.299 e. The third-order valence-corrected chi connectivity index (χ3v) is 6.58. The highest BCUT2D eigenvalue weighted by atomic mass is 35.5. The Morgan fingerprint density at radius 3 is 2.48 bits per heavy atom. The van der Waals surface area contributed by atoms with Gasteiger partial charge >= 0.3 is 0 Å². The number of carbonyl (C=O) groups excluding carboxylic acids is 1. The Morgan fingerprint density at radius 1 is 1.14 bits per heavy atom. The minimum Gasteiger partial charge on any atom is -0.299 e. The zero-order valence-corrected chi connectivity index (χ0v) is 18.5. The lowest BCUT2D eigenvalue weighted by molar-refractivity contribution is -0.116. The van der Waals surface area contributed by atoms with Gasteiger partial charge in [0, 0.05) is 10.6 Å². The number of benzene rings is 2. The van der Waals surface area contributed by atoms with Gasteiger partial charge in [-0.05, 0) is 25.1 Å². The van der Waals surface area contributed by atoms with Crippen LogP contribution in [0.4, 0.5) is 10.8 Å². The standard InChI is InChI=1S/C18H16Cl2N4O3S2/c1-11(24(29(2,26)27)15-10-13(19)8-9-14(15)20)16(25)21-18-23-22-17(28-18)12-6-4-3-5-7-12/h3-11H,1-2H3,(H,21,23,25). The van der Waals surface area contributed by atoms with E-state index in [4.69, 9.17) is 23.2 Å². The van der Waals surface area contributed by atoms with Crippen LogP contribution >= 0.6 is 34.5 Å². The van der Waals surface area contributed by atoms with Gasteiger partial charge in [-0.2, -0.15) is 0 Å². The van der Waals surface area contributed by atoms with Crippen LogP contribution in [0.5, 0.6) is 0 Å². The minimum atomic E-state index is -3.83. The van der Waals surface area contributed by atoms with Crippen molar-refractivity contribution in [3.8, 4) is 10.6 Å². The number of hydrogen-bond acceptors (Lipinski definition) is 6. The van der Waals surface area contributed by atoms with E-state index in [-0.39, 0.29) is 15.8 Å². The molecule has 0 aliphatic carbocycles. The monoisotopic (exact) mass is 470 g/mol. The smallest absolute Gasteiger partial charge is 0.249 e. The summed E-state index contributed by atoms with van der Waals surface area (Å²) in [6.45, 7) is 1.45. The molecule has 1 unspecified atom stereocenters. The molecular formula is C18H16Cl2N4O3S2. The van der Waals surface area contributed by atoms with Crippen LogP contribution in [0, 0.1) is 0 Å². The van der Waals surface area contributed by atoms with Gasteiger partial charge in [-0.3, -0.25) is 14.4 Å². The van der Waals surface area contributed by atoms with E-state index < -0.39 is 22.0 Å². The van der Waals surface area contributed by atoms with Crippen molar-refractivity contribution in [2.45, 2.75) is 13.0 Å². The van der Waals surface area contributed by atoms with Gasteiger partial charge in [0.15, 0.2) is 0 Å². The maximum Gasteiger partial charge on any atom is 0.249 e. The van der Waals surface area contributed by atoms with Gasteiger partial charge in [-0.15, -0.1) is 10.2 Å². The third kappa shape index (κ3) is 5.05. The molecule has 11 heteroatoms. The highest BCUT2D eigenvalue weighted by molar-refractivity contribution is 7.92. The second-order valence-electron chi connectivity index (χ2n) is 6.10. The second kappa shape index (κ2) is 8.66. The van der Waals surface area contributed by atoms with E-state index in [2.05, 4.69) is 15.5 Å². The molecule has 3 rings (SSSR count). The number of rotatable bonds is 6. The molecule has 0 aliphatic rings. The Hall–Kier alpha value is -2.20. The molecule has 0 aliphatic heterocycles. The van der Waals surface area contributed by atoms with Crippen molar-refractivity contribution in [3.63, 3.8) is 0 Å². The number of hydrogen-bond donors (Lipinski definition) is 1. The maximum absolute atomic E-state index is 12.8. The van der Waals surface area contributed by atoms with Gasteiger partial charge in [0.05, 0.1) is 17.0 Å². The number of halogens is 2. The lowest BCUT2D eigenvalue weighted by Crippen LogP contribution is -2.45. The van der Waals surface area contributed by atoms with Crippen LogP contribution in [-0.2, 0) is 14.8 Å². The summed E-state index contributed by atoms with van der Waals surface area (Å²) in [6, 6.07) is 12.7. The fraction of sp³-hybridized carbons (Fsp3) is 0.167. The van der Waals surface area contributed by atoms with Crippen LogP contribution in [0.1, 0.15) is 6.92 Å². The summed E-state index contributed by atoms with van der Waals surface area (Å²) < 4.78 is 25.7. The molecule has 1 amide bonds. The lowest BCUT2D eigenvalue weighted by Gasteiger charge is -2.28. The zero-order chi connectivity index (χ0) is 21.2. The van der Waals surface area contributed by atoms with E-state index in [1.54, 1.807) is 0 Å². The molecule has 0 bridgehead atoms. The van der Waals surface area contributed by atoms with Crippen LogP contribution < -0.4 is 9.62 Å². The van der Waals surface area contributed by atoms with Gasteiger partial charge in [0.1, 0.15) is 11.0 Å². The summed E-state index contributed by atoms with van der Waals surface area (Å²) in [7, 11) is -3.83. The summed E-state index contributed by atoms with van der Waals surface area (Å²) in [4.78, 5) is 12.8. The summed E-state index contributed by atoms with van der Waals surface area (Å²) in [6.07, 6.45) is 0.993. The molecule has 0 radical (unpaired) electrons. The summed E-state index contributed by atoms with van der Waals surface area (Å²) in [5, 5.41) is 12.0. The van der Waals surface area contributed by atoms with Crippen molar-refractivity contribution in [1.82, 2.24) is 10.2 Å². The molecule has 1 N–H and O–H groups in total. The molecule has 1 aromatic heterocycles. The highest BCUT2D eigenvalue weighted by Gasteiger charge is 2.31. The van der Waals surface area contributed by atoms with E-state index in [9.17, 15) is 13.2 Å². The molecule has 1 heterocycles. The highest BCUT2D eigenvalue weighted by Crippen LogP contribution is 2.33. The first kappa shape index (κ1) is 21.5. The summed E-state index contributed by atoms with van der Waals surface area (Å²) in [5.74, 6) is -0.581. The van der Waals surface area contributed by atoms with Crippen molar-refractivity contribution in [2.24, 2.45) is 0 Å². The van der Waals surface area contributed by atoms with Gasteiger partial charge in [0.2, 0.25) is 21.1 Å². The third-order valence-electron chi connectivity index (χ3n) is 3.91. The van der Waals surface area contributed by atoms with Crippen LogP contribution in [-0.4, -0.2) is 36.8 Å². The van der Waals surface area contributed by atoms with Gasteiger partial charge in [-0.25, -0.2) is 8.42 Å². The molecule has 0 fully saturated rings. The van der Waals surface area contributed by atoms with E-state index in [0.717, 1.165) is 16.1 Å². The first-order chi connectivity index (χ1) is 13.7. The summed E-state index contributed by atoms with van der Waals surface area (Å²) in [5.41, 5.74) is 0.980. The number of anilines is 2. The molecule has 152 valence electrons. The van der Waals surface area contributed by atoms with E-state index in [1.165, 1.54) is 36.5 Å². The Morgan fingerprint density at radius 2 is 1.83 bits per heavy atom. The van der Waals surface area contributed by atoms with Gasteiger partial charge < -0.3 is 0 Å². The van der Waals surface area contributed by atoms with E-state index >= 15 is 0 Å². The average molecular weight is 471 g/mol. The molecule has 0 saturated heterocycles. The average Bonchev–Trinajstić information content (AvgIpc) is 3.12. The quantitative estimate of drug-likeness (QED) is 0.579. The van der Waals surface area contributed by atoms with Crippen molar-refractivity contribution < 1.29 is 13.2 Å². The first-order valence-corrected chi connectivity index (χ1v) is 11.7. The Balaban J connectivity index is 1.85. The van der Waals surface area contributed by atoms with Crippen LogP contribution in [0.2, 0.25) is 10.0 Å². The minimum absolute atomic E-state index is 0.117. The number of aromatic nitrogens is 2. The number of nitrogens with zero attached hydrogens (tertiary/aromatic N) is 3. The summed E-state index contributed by atoms with van der Waals surface area (Å²) >= 11 is 13.3. The van der Waals surface area contributed by atoms with Crippen LogP contribution in [0.15, 0.2) is 48.5 Å². The van der Waals surface area contributed by atoms with E-state index in [0.29, 0.717) is 10.0 Å². The Labute approximate surface area is 182 Å². The predicted molar refractivity (Wildman–Crippen MR) is 117 cm³/mol. The zero-order valence-electron chi connectivity index (χ0n) is 15.3. The number of sulfonamides is 1. The Bertz CT molecular complexity index is 1140. The first-order valence-electron chi connectivity index (χ1n) is 8.31. The maximum atomic E-state index is 12.8. The SMILES string of the molecule is CC(C(=O)Nc1nnc(-c2ccccc2)s1)N(c1cc(Cl)ccc1Cl)S(C)(=O)=O. The van der Waals surface area contributed by atoms with E-state index in [1.807, 2.05) is 30.3 Å². The lowest BCUT2D eigenvalue weighted by atomic mass is 10.2. The van der Waals surface area contributed by atoms with Crippen molar-refractivity contribution in [2.75, 3.05) is 15.9 Å². The normalized spacial score (nSPS) is 12.4. The number of nitrogens with one attached hydrogen (secondary N) is 1. The van der Waals surface area contributed by atoms with Crippen LogP contribution in [0.25, 0.3) is 10.6 Å². The van der Waals surface area contributed by atoms with Gasteiger partial charge in [0.25, 0.3) is 0 Å². The predicted octanol–water partition coefficient (Wildman–Crippen LogP) is 4.31. The van der Waals surface area contributed by atoms with Gasteiger partial charge in [-0.1, -0.05) is 64.9 Å². The Kier molecular flexibility index (Phi) is 6.42. The molecule has 1 atom stereocenters. The molecule has 29 heavy (non-hydrogen) atoms. The second-order valence-corrected chi connectivity index (χ2v) is 9.78. The molecule has 7 nitrogen and oxygen atoms in total. The van der Waals surface area contributed by atoms with Crippen molar-refractivity contribution in [3.05, 3.63) is 58.6 Å². The number of carbonyl (C=O) groups is 1. The van der Waals surface area contributed by atoms with Crippen LogP contribution in [0.3, 0.4) is 0 Å². The fourth-order valence-electron chi connectivity index (χ4n) is 2.62. The van der Waals surface area contributed by atoms with Crippen molar-refractivity contribution in [1.29, 1.82) is 0 Å². The molecule has 0 spiro atoms. The fourth-order valence-corrected chi connectivity index (χ4v) is 4.97. The molecule has 3 aromatic rings.